The first-order valence-electron chi connectivity index (χ1n) is 8.31. The summed E-state index contributed by atoms with van der Waals surface area (Å²) in [4.78, 5) is 25.8. The van der Waals surface area contributed by atoms with Crippen LogP contribution in [0.2, 0.25) is 0 Å². The fourth-order valence-electron chi connectivity index (χ4n) is 3.32. The number of likely N-dealkylation sites (tertiary alicyclic amines) is 1. The number of rotatable bonds is 3. The molecule has 0 aromatic rings. The third-order valence-corrected chi connectivity index (χ3v) is 4.82. The fraction of sp³-hybridized carbons (Fsp3) is 0.812. The summed E-state index contributed by atoms with van der Waals surface area (Å²) in [6.07, 6.45) is 6.08. The molecular formula is C16H26N4O2. The summed E-state index contributed by atoms with van der Waals surface area (Å²) >= 11 is 0. The first kappa shape index (κ1) is 16.8. The van der Waals surface area contributed by atoms with Crippen LogP contribution in [0.1, 0.15) is 45.4 Å². The number of imide groups is 1. The number of nitriles is 1. The summed E-state index contributed by atoms with van der Waals surface area (Å²) in [7, 11) is 0. The van der Waals surface area contributed by atoms with Gasteiger partial charge in [0, 0.05) is 12.0 Å². The first-order chi connectivity index (χ1) is 10.6. The Morgan fingerprint density at radius 3 is 2.50 bits per heavy atom. The van der Waals surface area contributed by atoms with Gasteiger partial charge in [-0.3, -0.25) is 15.0 Å². The standard InChI is InChI=1S/C16H26N4O2/c1-12-4-2-3-5-14(12)18-16(22)19-15(21)11-20-8-6-13(10-17)7-9-20/h12-14H,2-9,11H2,1H3,(H2,18,19,21,22). The van der Waals surface area contributed by atoms with E-state index >= 15 is 0 Å². The van der Waals surface area contributed by atoms with E-state index in [0.29, 0.717) is 5.92 Å². The number of carbonyl (C=O) groups excluding carboxylic acids is 2. The van der Waals surface area contributed by atoms with Crippen molar-refractivity contribution in [1.29, 1.82) is 5.26 Å². The summed E-state index contributed by atoms with van der Waals surface area (Å²) in [5, 5.41) is 14.2. The first-order valence-corrected chi connectivity index (χ1v) is 8.31. The van der Waals surface area contributed by atoms with E-state index in [0.717, 1.165) is 45.2 Å². The van der Waals surface area contributed by atoms with E-state index in [1.807, 2.05) is 4.90 Å². The molecule has 0 spiro atoms. The molecule has 122 valence electrons. The molecule has 2 aliphatic rings. The smallest absolute Gasteiger partial charge is 0.321 e. The van der Waals surface area contributed by atoms with Crippen molar-refractivity contribution in [2.45, 2.75) is 51.5 Å². The van der Waals surface area contributed by atoms with Crippen molar-refractivity contribution in [2.75, 3.05) is 19.6 Å². The SMILES string of the molecule is CC1CCCCC1NC(=O)NC(=O)CN1CCC(C#N)CC1. The molecular weight excluding hydrogens is 280 g/mol. The monoisotopic (exact) mass is 306 g/mol. The van der Waals surface area contributed by atoms with E-state index in [2.05, 4.69) is 23.6 Å². The van der Waals surface area contributed by atoms with Gasteiger partial charge < -0.3 is 5.32 Å². The normalized spacial score (nSPS) is 26.9. The molecule has 6 nitrogen and oxygen atoms in total. The van der Waals surface area contributed by atoms with Crippen LogP contribution in [0.5, 0.6) is 0 Å². The van der Waals surface area contributed by atoms with Crippen LogP contribution in [0, 0.1) is 23.2 Å². The number of carbonyl (C=O) groups is 2. The number of hydrogen-bond acceptors (Lipinski definition) is 4. The Balaban J connectivity index is 1.68. The Bertz CT molecular complexity index is 438. The zero-order chi connectivity index (χ0) is 15.9. The van der Waals surface area contributed by atoms with Crippen LogP contribution in [0.3, 0.4) is 0 Å². The van der Waals surface area contributed by atoms with E-state index in [-0.39, 0.29) is 30.4 Å². The molecule has 0 aromatic heterocycles. The van der Waals surface area contributed by atoms with E-state index < -0.39 is 0 Å². The molecule has 3 amide bonds. The second-order valence-corrected chi connectivity index (χ2v) is 6.57. The van der Waals surface area contributed by atoms with Gasteiger partial charge in [-0.2, -0.15) is 5.26 Å². The summed E-state index contributed by atoms with van der Waals surface area (Å²) in [6, 6.07) is 2.06. The van der Waals surface area contributed by atoms with Gasteiger partial charge in [-0.05, 0) is 44.7 Å². The number of urea groups is 1. The summed E-state index contributed by atoms with van der Waals surface area (Å²) in [6.45, 7) is 3.86. The summed E-state index contributed by atoms with van der Waals surface area (Å²) < 4.78 is 0. The molecule has 0 bridgehead atoms. The van der Waals surface area contributed by atoms with Crippen molar-refractivity contribution in [2.24, 2.45) is 11.8 Å². The molecule has 22 heavy (non-hydrogen) atoms. The third kappa shape index (κ3) is 4.99. The van der Waals surface area contributed by atoms with Crippen molar-refractivity contribution in [3.8, 4) is 6.07 Å². The minimum Gasteiger partial charge on any atom is -0.335 e. The van der Waals surface area contributed by atoms with E-state index in [4.69, 9.17) is 5.26 Å². The third-order valence-electron chi connectivity index (χ3n) is 4.82. The highest BCUT2D eigenvalue weighted by Crippen LogP contribution is 2.23. The average molecular weight is 306 g/mol. The Morgan fingerprint density at radius 1 is 1.18 bits per heavy atom. The van der Waals surface area contributed by atoms with Crippen LogP contribution in [-0.4, -0.2) is 42.5 Å². The lowest BCUT2D eigenvalue weighted by atomic mass is 9.86. The Labute approximate surface area is 132 Å². The molecule has 2 unspecified atom stereocenters. The van der Waals surface area contributed by atoms with Crippen molar-refractivity contribution in [3.05, 3.63) is 0 Å². The molecule has 1 heterocycles. The molecule has 1 aliphatic carbocycles. The van der Waals surface area contributed by atoms with Crippen LogP contribution in [0.25, 0.3) is 0 Å². The summed E-state index contributed by atoms with van der Waals surface area (Å²) in [5.41, 5.74) is 0. The van der Waals surface area contributed by atoms with Crippen molar-refractivity contribution < 1.29 is 9.59 Å². The Morgan fingerprint density at radius 2 is 1.86 bits per heavy atom. The van der Waals surface area contributed by atoms with Crippen LogP contribution < -0.4 is 10.6 Å². The lowest BCUT2D eigenvalue weighted by Gasteiger charge is -2.30. The highest BCUT2D eigenvalue weighted by Gasteiger charge is 2.24. The lowest BCUT2D eigenvalue weighted by molar-refractivity contribution is -0.121. The maximum Gasteiger partial charge on any atom is 0.321 e. The number of piperidine rings is 1. The largest absolute Gasteiger partial charge is 0.335 e. The van der Waals surface area contributed by atoms with Gasteiger partial charge in [0.25, 0.3) is 0 Å². The quantitative estimate of drug-likeness (QED) is 0.830. The van der Waals surface area contributed by atoms with Crippen molar-refractivity contribution in [3.63, 3.8) is 0 Å². The van der Waals surface area contributed by atoms with E-state index in [9.17, 15) is 9.59 Å². The predicted molar refractivity (Wildman–Crippen MR) is 82.9 cm³/mol. The minimum absolute atomic E-state index is 0.107. The zero-order valence-corrected chi connectivity index (χ0v) is 13.3. The molecule has 2 atom stereocenters. The second-order valence-electron chi connectivity index (χ2n) is 6.57. The summed E-state index contributed by atoms with van der Waals surface area (Å²) in [5.74, 6) is 0.311. The zero-order valence-electron chi connectivity index (χ0n) is 13.3. The molecule has 1 aliphatic heterocycles. The molecule has 2 N–H and O–H groups in total. The van der Waals surface area contributed by atoms with Gasteiger partial charge in [0.05, 0.1) is 12.6 Å². The van der Waals surface area contributed by atoms with Crippen molar-refractivity contribution >= 4 is 11.9 Å². The highest BCUT2D eigenvalue weighted by atomic mass is 16.2. The Hall–Kier alpha value is -1.61. The highest BCUT2D eigenvalue weighted by molar-refractivity contribution is 5.95. The van der Waals surface area contributed by atoms with Gasteiger partial charge in [0.2, 0.25) is 5.91 Å². The molecule has 2 fully saturated rings. The van der Waals surface area contributed by atoms with Gasteiger partial charge in [-0.15, -0.1) is 0 Å². The maximum atomic E-state index is 11.9. The number of hydrogen-bond donors (Lipinski definition) is 2. The maximum absolute atomic E-state index is 11.9. The van der Waals surface area contributed by atoms with Crippen LogP contribution in [-0.2, 0) is 4.79 Å². The second kappa shape index (κ2) is 8.14. The van der Waals surface area contributed by atoms with E-state index in [1.165, 1.54) is 6.42 Å². The topological polar surface area (TPSA) is 85.2 Å². The van der Waals surface area contributed by atoms with Crippen LogP contribution in [0.4, 0.5) is 4.79 Å². The number of nitrogens with zero attached hydrogens (tertiary/aromatic N) is 2. The molecule has 6 heteroatoms. The fourth-order valence-corrected chi connectivity index (χ4v) is 3.32. The van der Waals surface area contributed by atoms with Gasteiger partial charge in [-0.25, -0.2) is 4.79 Å². The van der Waals surface area contributed by atoms with Gasteiger partial charge in [0.15, 0.2) is 0 Å². The average Bonchev–Trinajstić information content (AvgIpc) is 2.50. The van der Waals surface area contributed by atoms with Crippen LogP contribution in [0.15, 0.2) is 0 Å². The Kier molecular flexibility index (Phi) is 6.20. The minimum atomic E-state index is -0.379. The number of amides is 3. The molecule has 1 saturated carbocycles. The molecule has 2 rings (SSSR count). The molecule has 0 radical (unpaired) electrons. The lowest BCUT2D eigenvalue weighted by Crippen LogP contribution is -2.50. The number of nitrogens with one attached hydrogen (secondary N) is 2. The van der Waals surface area contributed by atoms with E-state index in [1.54, 1.807) is 0 Å². The predicted octanol–water partition coefficient (Wildman–Crippen LogP) is 1.63. The van der Waals surface area contributed by atoms with Gasteiger partial charge in [-0.1, -0.05) is 19.8 Å². The van der Waals surface area contributed by atoms with Crippen molar-refractivity contribution in [1.82, 2.24) is 15.5 Å². The van der Waals surface area contributed by atoms with Crippen LogP contribution >= 0.6 is 0 Å². The van der Waals surface area contributed by atoms with Gasteiger partial charge >= 0.3 is 6.03 Å². The van der Waals surface area contributed by atoms with Gasteiger partial charge in [0.1, 0.15) is 0 Å². The molecule has 1 saturated heterocycles. The molecule has 0 aromatic carbocycles.